The molecule has 0 aromatic rings. The van der Waals surface area contributed by atoms with Crippen molar-refractivity contribution in [3.8, 4) is 0 Å². The zero-order valence-electron chi connectivity index (χ0n) is 9.95. The molecule has 0 saturated carbocycles. The SMILES string of the molecule is CCCC(N)C(=O)N1CCSC(C)(C)C1. The lowest BCUT2D eigenvalue weighted by atomic mass is 10.1. The summed E-state index contributed by atoms with van der Waals surface area (Å²) in [5.41, 5.74) is 5.85. The molecule has 0 bridgehead atoms. The van der Waals surface area contributed by atoms with Crippen LogP contribution in [0.2, 0.25) is 0 Å². The van der Waals surface area contributed by atoms with Gasteiger partial charge in [0.1, 0.15) is 0 Å². The third-order valence-electron chi connectivity index (χ3n) is 2.65. The highest BCUT2D eigenvalue weighted by atomic mass is 32.2. The Hall–Kier alpha value is -0.220. The summed E-state index contributed by atoms with van der Waals surface area (Å²) in [6.45, 7) is 8.10. The lowest BCUT2D eigenvalue weighted by Gasteiger charge is -2.38. The van der Waals surface area contributed by atoms with Gasteiger partial charge in [-0.3, -0.25) is 4.79 Å². The number of rotatable bonds is 3. The number of hydrogen-bond donors (Lipinski definition) is 1. The number of carbonyl (C=O) groups is 1. The van der Waals surface area contributed by atoms with Gasteiger partial charge in [-0.05, 0) is 20.3 Å². The molecule has 15 heavy (non-hydrogen) atoms. The Bertz CT molecular complexity index is 231. The van der Waals surface area contributed by atoms with Gasteiger partial charge in [-0.25, -0.2) is 0 Å². The lowest BCUT2D eigenvalue weighted by molar-refractivity contribution is -0.133. The van der Waals surface area contributed by atoms with Gasteiger partial charge in [0, 0.05) is 23.6 Å². The van der Waals surface area contributed by atoms with Gasteiger partial charge in [-0.1, -0.05) is 13.3 Å². The number of thioether (sulfide) groups is 1. The normalized spacial score (nSPS) is 22.5. The molecule has 1 rings (SSSR count). The van der Waals surface area contributed by atoms with Crippen molar-refractivity contribution in [2.45, 2.75) is 44.4 Å². The van der Waals surface area contributed by atoms with Gasteiger partial charge in [-0.15, -0.1) is 0 Å². The molecule has 1 aliphatic heterocycles. The van der Waals surface area contributed by atoms with Crippen LogP contribution in [0.1, 0.15) is 33.6 Å². The monoisotopic (exact) mass is 230 g/mol. The first-order valence-electron chi connectivity index (χ1n) is 5.64. The van der Waals surface area contributed by atoms with E-state index in [1.165, 1.54) is 0 Å². The van der Waals surface area contributed by atoms with Crippen LogP contribution in [0.15, 0.2) is 0 Å². The van der Waals surface area contributed by atoms with Gasteiger partial charge >= 0.3 is 0 Å². The average Bonchev–Trinajstić information content (AvgIpc) is 2.15. The molecule has 0 aromatic heterocycles. The molecule has 88 valence electrons. The summed E-state index contributed by atoms with van der Waals surface area (Å²) < 4.78 is 0.180. The number of carbonyl (C=O) groups excluding carboxylic acids is 1. The van der Waals surface area contributed by atoms with E-state index in [2.05, 4.69) is 20.8 Å². The average molecular weight is 230 g/mol. The molecule has 1 saturated heterocycles. The van der Waals surface area contributed by atoms with Crippen molar-refractivity contribution in [2.24, 2.45) is 5.73 Å². The van der Waals surface area contributed by atoms with Crippen molar-refractivity contribution in [1.29, 1.82) is 0 Å². The number of nitrogens with two attached hydrogens (primary N) is 1. The molecule has 1 heterocycles. The molecule has 1 atom stereocenters. The van der Waals surface area contributed by atoms with Gasteiger partial charge in [0.05, 0.1) is 6.04 Å². The number of nitrogens with zero attached hydrogens (tertiary/aromatic N) is 1. The zero-order valence-corrected chi connectivity index (χ0v) is 10.8. The Morgan fingerprint density at radius 2 is 2.27 bits per heavy atom. The Balaban J connectivity index is 2.52. The lowest BCUT2D eigenvalue weighted by Crippen LogP contribution is -2.51. The number of hydrogen-bond acceptors (Lipinski definition) is 3. The summed E-state index contributed by atoms with van der Waals surface area (Å²) in [4.78, 5) is 13.9. The van der Waals surface area contributed by atoms with E-state index >= 15 is 0 Å². The fourth-order valence-electron chi connectivity index (χ4n) is 1.87. The second-order valence-corrected chi connectivity index (χ2v) is 6.57. The predicted molar refractivity (Wildman–Crippen MR) is 66.0 cm³/mol. The van der Waals surface area contributed by atoms with Crippen LogP contribution < -0.4 is 5.73 Å². The second-order valence-electron chi connectivity index (χ2n) is 4.76. The summed E-state index contributed by atoms with van der Waals surface area (Å²) in [6, 6.07) is -0.297. The van der Waals surface area contributed by atoms with E-state index in [-0.39, 0.29) is 16.7 Å². The molecular formula is C11H22N2OS. The van der Waals surface area contributed by atoms with Crippen molar-refractivity contribution in [1.82, 2.24) is 4.90 Å². The van der Waals surface area contributed by atoms with Gasteiger partial charge < -0.3 is 10.6 Å². The number of amides is 1. The van der Waals surface area contributed by atoms with Crippen LogP contribution in [0.25, 0.3) is 0 Å². The van der Waals surface area contributed by atoms with Crippen LogP contribution in [0.5, 0.6) is 0 Å². The maximum absolute atomic E-state index is 12.0. The first kappa shape index (κ1) is 12.8. The molecule has 0 aromatic carbocycles. The van der Waals surface area contributed by atoms with E-state index in [9.17, 15) is 4.79 Å². The third kappa shape index (κ3) is 3.68. The van der Waals surface area contributed by atoms with Crippen LogP contribution in [-0.2, 0) is 4.79 Å². The van der Waals surface area contributed by atoms with Crippen LogP contribution in [0.4, 0.5) is 0 Å². The maximum atomic E-state index is 12.0. The molecule has 1 amide bonds. The second kappa shape index (κ2) is 5.21. The molecule has 3 nitrogen and oxygen atoms in total. The van der Waals surface area contributed by atoms with Gasteiger partial charge in [-0.2, -0.15) is 11.8 Å². The Kier molecular flexibility index (Phi) is 4.46. The summed E-state index contributed by atoms with van der Waals surface area (Å²) in [5.74, 6) is 1.16. The van der Waals surface area contributed by atoms with Gasteiger partial charge in [0.15, 0.2) is 0 Å². The third-order valence-corrected chi connectivity index (χ3v) is 3.95. The molecule has 4 heteroatoms. The molecular weight excluding hydrogens is 208 g/mol. The highest BCUT2D eigenvalue weighted by Gasteiger charge is 2.31. The minimum Gasteiger partial charge on any atom is -0.339 e. The minimum atomic E-state index is -0.297. The first-order valence-corrected chi connectivity index (χ1v) is 6.63. The fraction of sp³-hybridized carbons (Fsp3) is 0.909. The zero-order chi connectivity index (χ0) is 11.5. The largest absolute Gasteiger partial charge is 0.339 e. The van der Waals surface area contributed by atoms with Crippen molar-refractivity contribution >= 4 is 17.7 Å². The van der Waals surface area contributed by atoms with E-state index in [1.54, 1.807) is 0 Å². The molecule has 1 aliphatic rings. The Morgan fingerprint density at radius 3 is 2.80 bits per heavy atom. The molecule has 2 N–H and O–H groups in total. The topological polar surface area (TPSA) is 46.3 Å². The van der Waals surface area contributed by atoms with Crippen LogP contribution in [-0.4, -0.2) is 40.4 Å². The van der Waals surface area contributed by atoms with Crippen LogP contribution in [0, 0.1) is 0 Å². The molecule has 1 unspecified atom stereocenters. The summed E-state index contributed by atoms with van der Waals surface area (Å²) in [5, 5.41) is 0. The van der Waals surface area contributed by atoms with Crippen LogP contribution >= 0.6 is 11.8 Å². The maximum Gasteiger partial charge on any atom is 0.239 e. The van der Waals surface area contributed by atoms with E-state index < -0.39 is 0 Å². The molecule has 0 radical (unpaired) electrons. The highest BCUT2D eigenvalue weighted by Crippen LogP contribution is 2.29. The summed E-state index contributed by atoms with van der Waals surface area (Å²) in [7, 11) is 0. The van der Waals surface area contributed by atoms with E-state index in [0.29, 0.717) is 0 Å². The predicted octanol–water partition coefficient (Wildman–Crippen LogP) is 1.47. The van der Waals surface area contributed by atoms with E-state index in [4.69, 9.17) is 5.73 Å². The van der Waals surface area contributed by atoms with Gasteiger partial charge in [0.25, 0.3) is 0 Å². The van der Waals surface area contributed by atoms with Crippen molar-refractivity contribution in [2.75, 3.05) is 18.8 Å². The van der Waals surface area contributed by atoms with E-state index in [0.717, 1.165) is 31.7 Å². The molecule has 0 aliphatic carbocycles. The summed E-state index contributed by atoms with van der Waals surface area (Å²) >= 11 is 1.93. The van der Waals surface area contributed by atoms with Crippen molar-refractivity contribution in [3.63, 3.8) is 0 Å². The first-order chi connectivity index (χ1) is 6.96. The fourth-order valence-corrected chi connectivity index (χ4v) is 2.98. The standard InChI is InChI=1S/C11H22N2OS/c1-4-5-9(12)10(14)13-6-7-15-11(2,3)8-13/h9H,4-8,12H2,1-3H3. The Labute approximate surface area is 96.8 Å². The molecule has 1 fully saturated rings. The summed E-state index contributed by atoms with van der Waals surface area (Å²) in [6.07, 6.45) is 1.77. The van der Waals surface area contributed by atoms with Crippen molar-refractivity contribution in [3.05, 3.63) is 0 Å². The van der Waals surface area contributed by atoms with E-state index in [1.807, 2.05) is 16.7 Å². The Morgan fingerprint density at radius 1 is 1.60 bits per heavy atom. The smallest absolute Gasteiger partial charge is 0.239 e. The molecule has 0 spiro atoms. The quantitative estimate of drug-likeness (QED) is 0.798. The minimum absolute atomic E-state index is 0.130. The van der Waals surface area contributed by atoms with Gasteiger partial charge in [0.2, 0.25) is 5.91 Å². The van der Waals surface area contributed by atoms with Crippen molar-refractivity contribution < 1.29 is 4.79 Å². The van der Waals surface area contributed by atoms with Crippen LogP contribution in [0.3, 0.4) is 0 Å². The highest BCUT2D eigenvalue weighted by molar-refractivity contribution is 8.00.